The third-order valence-electron chi connectivity index (χ3n) is 3.69. The molecule has 116 valence electrons. The molecule has 0 aromatic carbocycles. The van der Waals surface area contributed by atoms with Crippen molar-refractivity contribution < 1.29 is 9.53 Å². The van der Waals surface area contributed by atoms with Crippen molar-refractivity contribution in [2.75, 3.05) is 31.1 Å². The summed E-state index contributed by atoms with van der Waals surface area (Å²) in [5.41, 5.74) is 0. The average Bonchev–Trinajstić information content (AvgIpc) is 2.44. The number of nitrogens with zero attached hydrogens (tertiary/aromatic N) is 4. The lowest BCUT2D eigenvalue weighted by Gasteiger charge is -2.40. The summed E-state index contributed by atoms with van der Waals surface area (Å²) in [5.74, 6) is 0.834. The van der Waals surface area contributed by atoms with E-state index in [0.717, 1.165) is 32.0 Å². The summed E-state index contributed by atoms with van der Waals surface area (Å²) in [6.45, 7) is 9.15. The van der Waals surface area contributed by atoms with Gasteiger partial charge < -0.3 is 15.0 Å². The van der Waals surface area contributed by atoms with Crippen LogP contribution in [0.1, 0.15) is 20.8 Å². The van der Waals surface area contributed by atoms with Gasteiger partial charge in [-0.3, -0.25) is 4.90 Å². The maximum Gasteiger partial charge on any atom is 0.409 e. The molecule has 0 radical (unpaired) electrons. The third-order valence-corrected chi connectivity index (χ3v) is 3.69. The largest absolute Gasteiger partial charge is 0.431 e. The van der Waals surface area contributed by atoms with E-state index in [-0.39, 0.29) is 18.4 Å². The van der Waals surface area contributed by atoms with Crippen LogP contribution in [-0.4, -0.2) is 59.6 Å². The molecule has 0 saturated carbocycles. The summed E-state index contributed by atoms with van der Waals surface area (Å²) in [5, 5.41) is 10.7. The Morgan fingerprint density at radius 1 is 1.52 bits per heavy atom. The second-order valence-electron chi connectivity index (χ2n) is 5.05. The predicted molar refractivity (Wildman–Crippen MR) is 80.0 cm³/mol. The topological polar surface area (TPSA) is 70.6 Å². The number of carbonyl (C=O) groups excluding carboxylic acids is 1. The van der Waals surface area contributed by atoms with Crippen molar-refractivity contribution in [3.63, 3.8) is 0 Å². The van der Waals surface area contributed by atoms with Gasteiger partial charge in [0, 0.05) is 19.3 Å². The second-order valence-corrected chi connectivity index (χ2v) is 5.05. The molecule has 1 aromatic heterocycles. The van der Waals surface area contributed by atoms with Crippen LogP contribution in [0.3, 0.4) is 0 Å². The van der Waals surface area contributed by atoms with Gasteiger partial charge in [-0.2, -0.15) is 5.10 Å². The summed E-state index contributed by atoms with van der Waals surface area (Å²) < 4.78 is 5.37. The zero-order valence-corrected chi connectivity index (χ0v) is 12.8. The highest BCUT2D eigenvalue weighted by molar-refractivity contribution is 5.68. The number of alkyl carbamates (subject to hydrolysis) is 1. The number of hydrogen-bond donors (Lipinski definition) is 1. The Balaban J connectivity index is 1.71. The van der Waals surface area contributed by atoms with Gasteiger partial charge in [-0.15, -0.1) is 5.10 Å². The molecule has 0 spiro atoms. The highest BCUT2D eigenvalue weighted by Gasteiger charge is 2.30. The van der Waals surface area contributed by atoms with E-state index in [9.17, 15) is 4.79 Å². The lowest BCUT2D eigenvalue weighted by molar-refractivity contribution is 0.00289. The van der Waals surface area contributed by atoms with Crippen LogP contribution in [0.4, 0.5) is 10.6 Å². The SMILES string of the molecule is CCN(CC)C(C)OC(=O)NC1CN(c2cccnn2)C1. The molecule has 1 fully saturated rings. The first-order valence-electron chi connectivity index (χ1n) is 7.37. The molecule has 1 amide bonds. The van der Waals surface area contributed by atoms with Gasteiger partial charge in [0.2, 0.25) is 0 Å². The van der Waals surface area contributed by atoms with Crippen LogP contribution in [-0.2, 0) is 4.74 Å². The van der Waals surface area contributed by atoms with E-state index < -0.39 is 0 Å². The quantitative estimate of drug-likeness (QED) is 0.791. The van der Waals surface area contributed by atoms with Crippen molar-refractivity contribution in [2.45, 2.75) is 33.0 Å². The van der Waals surface area contributed by atoms with E-state index in [1.54, 1.807) is 6.20 Å². The molecule has 2 heterocycles. The van der Waals surface area contributed by atoms with Crippen molar-refractivity contribution in [3.8, 4) is 0 Å². The molecule has 7 heteroatoms. The number of rotatable bonds is 6. The lowest BCUT2D eigenvalue weighted by Crippen LogP contribution is -2.60. The second kappa shape index (κ2) is 7.21. The lowest BCUT2D eigenvalue weighted by atomic mass is 10.1. The summed E-state index contributed by atoms with van der Waals surface area (Å²) in [6.07, 6.45) is 1.07. The summed E-state index contributed by atoms with van der Waals surface area (Å²) >= 11 is 0. The maximum absolute atomic E-state index is 11.8. The molecule has 7 nitrogen and oxygen atoms in total. The van der Waals surface area contributed by atoms with Gasteiger partial charge in [0.25, 0.3) is 0 Å². The fourth-order valence-electron chi connectivity index (χ4n) is 2.39. The van der Waals surface area contributed by atoms with E-state index in [2.05, 4.69) is 25.3 Å². The third kappa shape index (κ3) is 4.04. The van der Waals surface area contributed by atoms with Crippen molar-refractivity contribution in [1.82, 2.24) is 20.4 Å². The van der Waals surface area contributed by atoms with Crippen LogP contribution in [0.5, 0.6) is 0 Å². The maximum atomic E-state index is 11.8. The van der Waals surface area contributed by atoms with E-state index in [0.29, 0.717) is 0 Å². The van der Waals surface area contributed by atoms with Gasteiger partial charge >= 0.3 is 6.09 Å². The number of anilines is 1. The van der Waals surface area contributed by atoms with Crippen LogP contribution in [0.25, 0.3) is 0 Å². The minimum atomic E-state index is -0.363. The number of ether oxygens (including phenoxy) is 1. The van der Waals surface area contributed by atoms with Crippen molar-refractivity contribution in [1.29, 1.82) is 0 Å². The number of aromatic nitrogens is 2. The van der Waals surface area contributed by atoms with E-state index in [4.69, 9.17) is 4.74 Å². The first-order chi connectivity index (χ1) is 10.1. The van der Waals surface area contributed by atoms with Gasteiger partial charge in [-0.05, 0) is 32.1 Å². The molecule has 1 saturated heterocycles. The molecular weight excluding hydrogens is 270 g/mol. The highest BCUT2D eigenvalue weighted by Crippen LogP contribution is 2.16. The minimum Gasteiger partial charge on any atom is -0.431 e. The summed E-state index contributed by atoms with van der Waals surface area (Å²) in [7, 11) is 0. The molecule has 1 aliphatic rings. The molecule has 21 heavy (non-hydrogen) atoms. The molecule has 1 aromatic rings. The van der Waals surface area contributed by atoms with Crippen molar-refractivity contribution in [3.05, 3.63) is 18.3 Å². The normalized spacial score (nSPS) is 16.5. The highest BCUT2D eigenvalue weighted by atomic mass is 16.6. The van der Waals surface area contributed by atoms with Gasteiger partial charge in [0.05, 0.1) is 6.04 Å². The fraction of sp³-hybridized carbons (Fsp3) is 0.643. The number of amides is 1. The first-order valence-corrected chi connectivity index (χ1v) is 7.37. The average molecular weight is 293 g/mol. The zero-order valence-electron chi connectivity index (χ0n) is 12.8. The molecule has 1 aliphatic heterocycles. The Kier molecular flexibility index (Phi) is 5.32. The Hall–Kier alpha value is -1.89. The van der Waals surface area contributed by atoms with Crippen LogP contribution in [0, 0.1) is 0 Å². The van der Waals surface area contributed by atoms with Crippen molar-refractivity contribution in [2.24, 2.45) is 0 Å². The van der Waals surface area contributed by atoms with Gasteiger partial charge in [-0.1, -0.05) is 13.8 Å². The van der Waals surface area contributed by atoms with E-state index in [1.807, 2.05) is 32.9 Å². The Morgan fingerprint density at radius 3 is 2.81 bits per heavy atom. The van der Waals surface area contributed by atoms with Gasteiger partial charge in [0.15, 0.2) is 12.0 Å². The fourth-order valence-corrected chi connectivity index (χ4v) is 2.39. The number of carbonyl (C=O) groups is 1. The van der Waals surface area contributed by atoms with E-state index >= 15 is 0 Å². The van der Waals surface area contributed by atoms with E-state index in [1.165, 1.54) is 0 Å². The first kappa shape index (κ1) is 15.5. The molecule has 1 unspecified atom stereocenters. The molecule has 1 N–H and O–H groups in total. The van der Waals surface area contributed by atoms with Crippen molar-refractivity contribution >= 4 is 11.9 Å². The standard InChI is InChI=1S/C14H23N5O2/c1-4-18(5-2)11(3)21-14(20)16-12-9-19(10-12)13-7-6-8-15-17-13/h6-8,11-12H,4-5,9-10H2,1-3H3,(H,16,20). The molecule has 0 aliphatic carbocycles. The monoisotopic (exact) mass is 293 g/mol. The smallest absolute Gasteiger partial charge is 0.409 e. The Labute approximate surface area is 125 Å². The van der Waals surface area contributed by atoms with Gasteiger partial charge in [0.1, 0.15) is 0 Å². The Morgan fingerprint density at radius 2 is 2.24 bits per heavy atom. The number of nitrogens with one attached hydrogen (secondary N) is 1. The summed E-state index contributed by atoms with van der Waals surface area (Å²) in [4.78, 5) is 16.0. The number of hydrogen-bond acceptors (Lipinski definition) is 6. The zero-order chi connectivity index (χ0) is 15.2. The Bertz CT molecular complexity index is 446. The van der Waals surface area contributed by atoms with Gasteiger partial charge in [-0.25, -0.2) is 4.79 Å². The molecular formula is C14H23N5O2. The van der Waals surface area contributed by atoms with Crippen LogP contribution in [0.2, 0.25) is 0 Å². The van der Waals surface area contributed by atoms with Crippen LogP contribution in [0.15, 0.2) is 18.3 Å². The minimum absolute atomic E-state index is 0.100. The van der Waals surface area contributed by atoms with Crippen LogP contribution < -0.4 is 10.2 Å². The van der Waals surface area contributed by atoms with Crippen LogP contribution >= 0.6 is 0 Å². The summed E-state index contributed by atoms with van der Waals surface area (Å²) in [6, 6.07) is 3.86. The molecule has 2 rings (SSSR count). The predicted octanol–water partition coefficient (Wildman–Crippen LogP) is 1.08. The molecule has 0 bridgehead atoms. The molecule has 1 atom stereocenters.